The van der Waals surface area contributed by atoms with Crippen LogP contribution >= 0.6 is 11.6 Å². The molecule has 0 radical (unpaired) electrons. The molecule has 8 heteroatoms. The van der Waals surface area contributed by atoms with Gasteiger partial charge >= 0.3 is 6.03 Å². The van der Waals surface area contributed by atoms with Crippen LogP contribution in [0.2, 0.25) is 5.02 Å². The molecule has 3 aromatic carbocycles. The molecule has 1 aliphatic heterocycles. The first-order valence-corrected chi connectivity index (χ1v) is 14.3. The van der Waals surface area contributed by atoms with E-state index in [0.717, 1.165) is 21.6 Å². The molecular formula is C33H30ClN3O4. The van der Waals surface area contributed by atoms with Gasteiger partial charge in [0.25, 0.3) is 11.8 Å². The van der Waals surface area contributed by atoms with Crippen molar-refractivity contribution in [3.05, 3.63) is 101 Å². The number of urea groups is 1. The molecule has 0 atom stereocenters. The van der Waals surface area contributed by atoms with Crippen molar-refractivity contribution < 1.29 is 19.1 Å². The lowest BCUT2D eigenvalue weighted by molar-refractivity contribution is -0.122. The van der Waals surface area contributed by atoms with Crippen LogP contribution in [0.3, 0.4) is 0 Å². The number of benzene rings is 3. The number of halogens is 1. The molecule has 4 amide bonds. The van der Waals surface area contributed by atoms with E-state index in [2.05, 4.69) is 29.6 Å². The summed E-state index contributed by atoms with van der Waals surface area (Å²) in [5, 5.41) is 3.63. The van der Waals surface area contributed by atoms with E-state index in [-0.39, 0.29) is 5.57 Å². The lowest BCUT2D eigenvalue weighted by atomic mass is 9.84. The average Bonchev–Trinajstić information content (AvgIpc) is 3.34. The summed E-state index contributed by atoms with van der Waals surface area (Å²) >= 11 is 5.97. The van der Waals surface area contributed by atoms with Crippen molar-refractivity contribution in [2.24, 2.45) is 0 Å². The lowest BCUT2D eigenvalue weighted by Crippen LogP contribution is -2.54. The Morgan fingerprint density at radius 1 is 0.902 bits per heavy atom. The molecule has 1 N–H and O–H groups in total. The molecule has 1 aliphatic carbocycles. The van der Waals surface area contributed by atoms with Crippen molar-refractivity contribution in [3.63, 3.8) is 0 Å². The van der Waals surface area contributed by atoms with Crippen LogP contribution in [0, 0.1) is 0 Å². The fourth-order valence-corrected chi connectivity index (χ4v) is 5.87. The standard InChI is InChI=1S/C33H30ClN3O4/c34-25-12-14-26(15-13-25)37-32(39)29(31(38)35-33(37)40)20-24-21-36(30-9-5-4-8-28(24)30)18-19-41-27-16-10-23(11-17-27)22-6-2-1-3-7-22/h4-5,8-17,20-22H,1-3,6-7,18-19H2,(H,35,38,40)/b29-20-. The monoisotopic (exact) mass is 567 g/mol. The number of nitrogens with one attached hydrogen (secondary N) is 1. The first kappa shape index (κ1) is 26.8. The third-order valence-corrected chi connectivity index (χ3v) is 8.12. The number of aromatic nitrogens is 1. The number of para-hydroxylation sites is 1. The van der Waals surface area contributed by atoms with Gasteiger partial charge in [-0.1, -0.05) is 61.2 Å². The van der Waals surface area contributed by atoms with Gasteiger partial charge in [-0.05, 0) is 72.9 Å². The van der Waals surface area contributed by atoms with E-state index in [0.29, 0.717) is 35.3 Å². The minimum Gasteiger partial charge on any atom is -0.492 e. The van der Waals surface area contributed by atoms with Crippen molar-refractivity contribution in [2.45, 2.75) is 44.6 Å². The van der Waals surface area contributed by atoms with Crippen LogP contribution in [-0.4, -0.2) is 29.0 Å². The summed E-state index contributed by atoms with van der Waals surface area (Å²) in [5.41, 5.74) is 3.23. The van der Waals surface area contributed by atoms with Crippen molar-refractivity contribution in [3.8, 4) is 5.75 Å². The first-order chi connectivity index (χ1) is 20.0. The highest BCUT2D eigenvalue weighted by Crippen LogP contribution is 2.33. The molecule has 2 aliphatic rings. The molecule has 0 unspecified atom stereocenters. The van der Waals surface area contributed by atoms with Crippen LogP contribution in [-0.2, 0) is 16.1 Å². The van der Waals surface area contributed by atoms with Gasteiger partial charge in [-0.2, -0.15) is 0 Å². The molecule has 1 saturated carbocycles. The van der Waals surface area contributed by atoms with Crippen LogP contribution in [0.4, 0.5) is 10.5 Å². The Labute approximate surface area is 243 Å². The normalized spacial score (nSPS) is 17.3. The number of amides is 4. The third-order valence-electron chi connectivity index (χ3n) is 7.86. The third kappa shape index (κ3) is 5.63. The van der Waals surface area contributed by atoms with Gasteiger partial charge < -0.3 is 9.30 Å². The highest BCUT2D eigenvalue weighted by Gasteiger charge is 2.37. The first-order valence-electron chi connectivity index (χ1n) is 14.0. The number of hydrogen-bond donors (Lipinski definition) is 1. The summed E-state index contributed by atoms with van der Waals surface area (Å²) in [6.45, 7) is 1.03. The largest absolute Gasteiger partial charge is 0.492 e. The summed E-state index contributed by atoms with van der Waals surface area (Å²) < 4.78 is 8.12. The number of nitrogens with zero attached hydrogens (tertiary/aromatic N) is 2. The number of barbiturate groups is 1. The number of carbonyl (C=O) groups excluding carboxylic acids is 3. The maximum absolute atomic E-state index is 13.3. The van der Waals surface area contributed by atoms with Crippen LogP contribution in [0.5, 0.6) is 5.75 Å². The van der Waals surface area contributed by atoms with E-state index in [1.54, 1.807) is 24.3 Å². The molecule has 0 bridgehead atoms. The summed E-state index contributed by atoms with van der Waals surface area (Å²) in [4.78, 5) is 39.6. The van der Waals surface area contributed by atoms with Crippen LogP contribution < -0.4 is 15.0 Å². The van der Waals surface area contributed by atoms with Crippen LogP contribution in [0.25, 0.3) is 17.0 Å². The second-order valence-corrected chi connectivity index (χ2v) is 10.9. The van der Waals surface area contributed by atoms with Gasteiger partial charge in [-0.3, -0.25) is 14.9 Å². The van der Waals surface area contributed by atoms with Gasteiger partial charge in [-0.25, -0.2) is 9.69 Å². The van der Waals surface area contributed by atoms with E-state index in [1.807, 2.05) is 35.0 Å². The number of rotatable bonds is 7. The second-order valence-electron chi connectivity index (χ2n) is 10.5. The SMILES string of the molecule is O=C1NC(=O)N(c2ccc(Cl)cc2)C(=O)/C1=C\c1cn(CCOc2ccc(C3CCCCC3)cc2)c2ccccc12. The van der Waals surface area contributed by atoms with Crippen molar-refractivity contribution in [1.82, 2.24) is 9.88 Å². The highest BCUT2D eigenvalue weighted by molar-refractivity contribution is 6.39. The fourth-order valence-electron chi connectivity index (χ4n) is 5.75. The second kappa shape index (κ2) is 11.6. The maximum Gasteiger partial charge on any atom is 0.335 e. The average molecular weight is 568 g/mol. The minimum atomic E-state index is -0.800. The summed E-state index contributed by atoms with van der Waals surface area (Å²) in [6, 6.07) is 21.7. The molecule has 7 nitrogen and oxygen atoms in total. The Balaban J connectivity index is 1.20. The number of carbonyl (C=O) groups is 3. The minimum absolute atomic E-state index is 0.128. The molecule has 1 saturated heterocycles. The van der Waals surface area contributed by atoms with E-state index in [9.17, 15) is 14.4 Å². The fraction of sp³-hybridized carbons (Fsp3) is 0.242. The van der Waals surface area contributed by atoms with Gasteiger partial charge in [0.15, 0.2) is 0 Å². The Kier molecular flexibility index (Phi) is 7.61. The highest BCUT2D eigenvalue weighted by atomic mass is 35.5. The van der Waals surface area contributed by atoms with Crippen molar-refractivity contribution in [2.75, 3.05) is 11.5 Å². The number of imide groups is 2. The maximum atomic E-state index is 13.3. The molecule has 1 aromatic heterocycles. The Hall–Kier alpha value is -4.36. The van der Waals surface area contributed by atoms with Gasteiger partial charge in [-0.15, -0.1) is 0 Å². The number of anilines is 1. The Morgan fingerprint density at radius 2 is 1.63 bits per heavy atom. The van der Waals surface area contributed by atoms with E-state index in [1.165, 1.54) is 43.7 Å². The predicted molar refractivity (Wildman–Crippen MR) is 160 cm³/mol. The summed E-state index contributed by atoms with van der Waals surface area (Å²) in [7, 11) is 0. The Bertz CT molecular complexity index is 1630. The van der Waals surface area contributed by atoms with Crippen molar-refractivity contribution >= 4 is 52.1 Å². The zero-order valence-electron chi connectivity index (χ0n) is 22.5. The summed E-state index contributed by atoms with van der Waals surface area (Å²) in [6.07, 6.45) is 9.93. The van der Waals surface area contributed by atoms with Crippen molar-refractivity contribution in [1.29, 1.82) is 0 Å². The smallest absolute Gasteiger partial charge is 0.335 e. The number of fused-ring (bicyclic) bond motifs is 1. The quantitative estimate of drug-likeness (QED) is 0.191. The van der Waals surface area contributed by atoms with Gasteiger partial charge in [0, 0.05) is 27.7 Å². The lowest BCUT2D eigenvalue weighted by Gasteiger charge is -2.26. The molecule has 6 rings (SSSR count). The van der Waals surface area contributed by atoms with E-state index in [4.69, 9.17) is 16.3 Å². The van der Waals surface area contributed by atoms with E-state index >= 15 is 0 Å². The number of ether oxygens (including phenoxy) is 1. The molecule has 2 fully saturated rings. The number of hydrogen-bond acceptors (Lipinski definition) is 4. The molecule has 0 spiro atoms. The van der Waals surface area contributed by atoms with Crippen LogP contribution in [0.1, 0.15) is 49.1 Å². The van der Waals surface area contributed by atoms with Crippen LogP contribution in [0.15, 0.2) is 84.6 Å². The molecule has 208 valence electrons. The molecular weight excluding hydrogens is 538 g/mol. The predicted octanol–water partition coefficient (Wildman–Crippen LogP) is 7.09. The molecule has 41 heavy (non-hydrogen) atoms. The molecule has 2 heterocycles. The van der Waals surface area contributed by atoms with E-state index < -0.39 is 17.8 Å². The zero-order valence-corrected chi connectivity index (χ0v) is 23.3. The van der Waals surface area contributed by atoms with Gasteiger partial charge in [0.1, 0.15) is 17.9 Å². The zero-order chi connectivity index (χ0) is 28.3. The van der Waals surface area contributed by atoms with Gasteiger partial charge in [0.2, 0.25) is 0 Å². The topological polar surface area (TPSA) is 80.6 Å². The molecule has 4 aromatic rings. The Morgan fingerprint density at radius 3 is 2.39 bits per heavy atom. The van der Waals surface area contributed by atoms with Gasteiger partial charge in [0.05, 0.1) is 12.2 Å². The summed E-state index contributed by atoms with van der Waals surface area (Å²) in [5.74, 6) is 0.0610.